The van der Waals surface area contributed by atoms with Gasteiger partial charge >= 0.3 is 0 Å². The molecular formula is C18H20N6O4S. The quantitative estimate of drug-likeness (QED) is 0.273. The van der Waals surface area contributed by atoms with Crippen molar-refractivity contribution >= 4 is 27.6 Å². The van der Waals surface area contributed by atoms with Crippen molar-refractivity contribution in [3.05, 3.63) is 54.7 Å². The number of aromatic nitrogens is 3. The molecule has 2 aromatic heterocycles. The number of rotatable bonds is 8. The van der Waals surface area contributed by atoms with Gasteiger partial charge in [0.15, 0.2) is 5.82 Å². The number of benzene rings is 1. The zero-order chi connectivity index (χ0) is 20.9. The Balaban J connectivity index is 1.82. The molecule has 3 aromatic rings. The van der Waals surface area contributed by atoms with E-state index >= 15 is 0 Å². The Morgan fingerprint density at radius 3 is 2.41 bits per heavy atom. The first-order valence-electron chi connectivity index (χ1n) is 8.62. The van der Waals surface area contributed by atoms with Crippen LogP contribution in [-0.4, -0.2) is 45.7 Å². The third kappa shape index (κ3) is 5.60. The second-order valence-electron chi connectivity index (χ2n) is 6.15. The molecule has 3 rings (SSSR count). The molecule has 0 aliphatic rings. The maximum atomic E-state index is 11.1. The van der Waals surface area contributed by atoms with Crippen molar-refractivity contribution in [1.82, 2.24) is 15.0 Å². The smallest absolute Gasteiger partial charge is 0.294 e. The summed E-state index contributed by atoms with van der Waals surface area (Å²) in [5.74, 6) is 0.730. The molecule has 1 atom stereocenters. The average Bonchev–Trinajstić information content (AvgIpc) is 2.72. The van der Waals surface area contributed by atoms with E-state index in [-0.39, 0.29) is 17.5 Å². The molecule has 0 unspecified atom stereocenters. The zero-order valence-electron chi connectivity index (χ0n) is 15.4. The van der Waals surface area contributed by atoms with Gasteiger partial charge in [0.2, 0.25) is 5.95 Å². The monoisotopic (exact) mass is 416 g/mol. The lowest BCUT2D eigenvalue weighted by molar-refractivity contribution is 0.281. The minimum absolute atomic E-state index is 0.0850. The van der Waals surface area contributed by atoms with E-state index in [0.29, 0.717) is 28.8 Å². The molecule has 10 nitrogen and oxygen atoms in total. The Hall–Kier alpha value is -3.28. The SMILES string of the molecule is C[C@@H](CO)Nc1nc(NNc2ccc(S(=O)(=O)O)cc2)cc(-c2ccccn2)n1. The number of aliphatic hydroxyl groups excluding tert-OH is 1. The molecule has 1 aromatic carbocycles. The summed E-state index contributed by atoms with van der Waals surface area (Å²) >= 11 is 0. The lowest BCUT2D eigenvalue weighted by Crippen LogP contribution is -2.21. The van der Waals surface area contributed by atoms with Crippen LogP contribution in [0.5, 0.6) is 0 Å². The van der Waals surface area contributed by atoms with Gasteiger partial charge in [-0.2, -0.15) is 13.4 Å². The van der Waals surface area contributed by atoms with E-state index in [1.807, 2.05) is 12.1 Å². The summed E-state index contributed by atoms with van der Waals surface area (Å²) in [5.41, 5.74) is 7.58. The number of anilines is 3. The van der Waals surface area contributed by atoms with Crippen LogP contribution in [0.2, 0.25) is 0 Å². The van der Waals surface area contributed by atoms with Crippen molar-refractivity contribution in [2.24, 2.45) is 0 Å². The largest absolute Gasteiger partial charge is 0.394 e. The number of pyridine rings is 1. The predicted octanol–water partition coefficient (Wildman–Crippen LogP) is 2.02. The third-order valence-corrected chi connectivity index (χ3v) is 4.66. The van der Waals surface area contributed by atoms with E-state index in [1.165, 1.54) is 24.3 Å². The molecule has 11 heteroatoms. The van der Waals surface area contributed by atoms with Crippen LogP contribution in [0.1, 0.15) is 6.92 Å². The Labute approximate surface area is 167 Å². The topological polar surface area (TPSA) is 149 Å². The fraction of sp³-hybridized carbons (Fsp3) is 0.167. The second kappa shape index (κ2) is 8.82. The summed E-state index contributed by atoms with van der Waals surface area (Å²) < 4.78 is 31.3. The van der Waals surface area contributed by atoms with E-state index < -0.39 is 10.1 Å². The number of nitrogens with one attached hydrogen (secondary N) is 3. The van der Waals surface area contributed by atoms with Crippen molar-refractivity contribution in [1.29, 1.82) is 0 Å². The van der Waals surface area contributed by atoms with E-state index in [4.69, 9.17) is 4.55 Å². The Kier molecular flexibility index (Phi) is 6.22. The van der Waals surface area contributed by atoms with Crippen molar-refractivity contribution in [2.45, 2.75) is 17.9 Å². The second-order valence-corrected chi connectivity index (χ2v) is 7.58. The zero-order valence-corrected chi connectivity index (χ0v) is 16.3. The minimum atomic E-state index is -4.25. The first-order valence-corrected chi connectivity index (χ1v) is 10.1. The molecule has 152 valence electrons. The van der Waals surface area contributed by atoms with Crippen LogP contribution in [0, 0.1) is 0 Å². The van der Waals surface area contributed by atoms with Gasteiger partial charge in [0.1, 0.15) is 0 Å². The van der Waals surface area contributed by atoms with Gasteiger partial charge in [0, 0.05) is 18.3 Å². The van der Waals surface area contributed by atoms with Gasteiger partial charge in [0.05, 0.1) is 28.6 Å². The van der Waals surface area contributed by atoms with Gasteiger partial charge in [0.25, 0.3) is 10.1 Å². The predicted molar refractivity (Wildman–Crippen MR) is 109 cm³/mol. The van der Waals surface area contributed by atoms with E-state index in [1.54, 1.807) is 25.3 Å². The van der Waals surface area contributed by atoms with E-state index in [9.17, 15) is 13.5 Å². The summed E-state index contributed by atoms with van der Waals surface area (Å²) in [5, 5.41) is 12.3. The van der Waals surface area contributed by atoms with Gasteiger partial charge < -0.3 is 10.4 Å². The van der Waals surface area contributed by atoms with Crippen LogP contribution in [0.3, 0.4) is 0 Å². The van der Waals surface area contributed by atoms with Crippen molar-refractivity contribution in [3.8, 4) is 11.4 Å². The van der Waals surface area contributed by atoms with Crippen molar-refractivity contribution in [3.63, 3.8) is 0 Å². The maximum absolute atomic E-state index is 11.1. The van der Waals surface area contributed by atoms with Gasteiger partial charge in [-0.15, -0.1) is 0 Å². The van der Waals surface area contributed by atoms with Crippen LogP contribution in [0.4, 0.5) is 17.5 Å². The average molecular weight is 416 g/mol. The fourth-order valence-corrected chi connectivity index (χ4v) is 2.81. The summed E-state index contributed by atoms with van der Waals surface area (Å²) in [6.45, 7) is 1.71. The summed E-state index contributed by atoms with van der Waals surface area (Å²) in [7, 11) is -4.25. The first kappa shape index (κ1) is 20.5. The van der Waals surface area contributed by atoms with Gasteiger partial charge in [-0.3, -0.25) is 20.4 Å². The number of nitrogens with zero attached hydrogens (tertiary/aromatic N) is 3. The molecule has 29 heavy (non-hydrogen) atoms. The number of aliphatic hydroxyl groups is 1. The third-order valence-electron chi connectivity index (χ3n) is 3.79. The fourth-order valence-electron chi connectivity index (χ4n) is 2.33. The Morgan fingerprint density at radius 2 is 1.79 bits per heavy atom. The number of hydrogen-bond acceptors (Lipinski definition) is 9. The maximum Gasteiger partial charge on any atom is 0.294 e. The van der Waals surface area contributed by atoms with Gasteiger partial charge in [-0.25, -0.2) is 4.98 Å². The van der Waals surface area contributed by atoms with E-state index in [0.717, 1.165) is 0 Å². The molecule has 2 heterocycles. The lowest BCUT2D eigenvalue weighted by Gasteiger charge is -2.15. The standard InChI is InChI=1S/C18H20N6O4S/c1-12(11-25)20-18-21-16(15-4-2-3-9-19-15)10-17(22-18)24-23-13-5-7-14(8-6-13)29(26,27)28/h2-10,12,23,25H,11H2,1H3,(H,26,27,28)(H2,20,21,22,24)/t12-/m0/s1. The van der Waals surface area contributed by atoms with Crippen LogP contribution >= 0.6 is 0 Å². The highest BCUT2D eigenvalue weighted by Gasteiger charge is 2.11. The summed E-state index contributed by atoms with van der Waals surface area (Å²) in [4.78, 5) is 12.9. The summed E-state index contributed by atoms with van der Waals surface area (Å²) in [6.07, 6.45) is 1.66. The van der Waals surface area contributed by atoms with Gasteiger partial charge in [-0.05, 0) is 43.3 Å². The van der Waals surface area contributed by atoms with Crippen molar-refractivity contribution in [2.75, 3.05) is 22.8 Å². The molecule has 0 aliphatic heterocycles. The summed E-state index contributed by atoms with van der Waals surface area (Å²) in [6, 6.07) is 12.4. The van der Waals surface area contributed by atoms with Crippen LogP contribution in [0.25, 0.3) is 11.4 Å². The molecule has 0 bridgehead atoms. The molecule has 5 N–H and O–H groups in total. The molecule has 0 radical (unpaired) electrons. The molecule has 0 aliphatic carbocycles. The Morgan fingerprint density at radius 1 is 1.03 bits per heavy atom. The van der Waals surface area contributed by atoms with Crippen LogP contribution in [0.15, 0.2) is 59.6 Å². The molecule has 0 saturated heterocycles. The van der Waals surface area contributed by atoms with Crippen LogP contribution in [-0.2, 0) is 10.1 Å². The highest BCUT2D eigenvalue weighted by Crippen LogP contribution is 2.20. The number of hydrazine groups is 1. The molecular weight excluding hydrogens is 396 g/mol. The molecule has 0 fully saturated rings. The van der Waals surface area contributed by atoms with Crippen LogP contribution < -0.4 is 16.2 Å². The minimum Gasteiger partial charge on any atom is -0.394 e. The Bertz CT molecular complexity index is 1060. The lowest BCUT2D eigenvalue weighted by atomic mass is 10.2. The first-order chi connectivity index (χ1) is 13.8. The normalized spacial score (nSPS) is 12.2. The molecule has 0 spiro atoms. The van der Waals surface area contributed by atoms with Gasteiger partial charge in [-0.1, -0.05) is 6.07 Å². The number of hydrogen-bond donors (Lipinski definition) is 5. The highest BCUT2D eigenvalue weighted by molar-refractivity contribution is 7.85. The highest BCUT2D eigenvalue weighted by atomic mass is 32.2. The van der Waals surface area contributed by atoms with Crippen molar-refractivity contribution < 1.29 is 18.1 Å². The molecule has 0 amide bonds. The van der Waals surface area contributed by atoms with E-state index in [2.05, 4.69) is 31.1 Å². The molecule has 0 saturated carbocycles.